The van der Waals surface area contributed by atoms with Crippen LogP contribution in [0.4, 0.5) is 17.6 Å². The minimum atomic E-state index is -4.83. The highest BCUT2D eigenvalue weighted by Gasteiger charge is 2.38. The fourth-order valence-corrected chi connectivity index (χ4v) is 1.78. The van der Waals surface area contributed by atoms with Crippen LogP contribution in [0.2, 0.25) is 0 Å². The Morgan fingerprint density at radius 1 is 1.40 bits per heavy atom. The number of amides is 1. The number of rotatable bonds is 5. The summed E-state index contributed by atoms with van der Waals surface area (Å²) in [5.74, 6) is -3.72. The molecule has 0 aliphatic rings. The smallest absolute Gasteiger partial charge is 0.399 e. The van der Waals surface area contributed by atoms with Crippen LogP contribution in [0.15, 0.2) is 27.9 Å². The van der Waals surface area contributed by atoms with Crippen molar-refractivity contribution in [3.63, 3.8) is 0 Å². The third-order valence-corrected chi connectivity index (χ3v) is 2.89. The predicted octanol–water partition coefficient (Wildman–Crippen LogP) is 2.65. The molecule has 1 aromatic carbocycles. The van der Waals surface area contributed by atoms with Gasteiger partial charge >= 0.3 is 12.1 Å². The van der Waals surface area contributed by atoms with Crippen molar-refractivity contribution in [3.05, 3.63) is 35.5 Å². The van der Waals surface area contributed by atoms with Gasteiger partial charge in [0.15, 0.2) is 0 Å². The monoisotopic (exact) mass is 360 g/mol. The van der Waals surface area contributed by atoms with Crippen LogP contribution >= 0.6 is 0 Å². The summed E-state index contributed by atoms with van der Waals surface area (Å²) in [6.45, 7) is 1.69. The van der Waals surface area contributed by atoms with Gasteiger partial charge in [-0.1, -0.05) is 10.3 Å². The molecule has 2 rings (SSSR count). The van der Waals surface area contributed by atoms with E-state index in [1.807, 2.05) is 0 Å². The van der Waals surface area contributed by atoms with Gasteiger partial charge in [0.2, 0.25) is 5.82 Å². The molecule has 0 radical (unpaired) electrons. The lowest BCUT2D eigenvalue weighted by molar-refractivity contribution is -0.159. The molecule has 0 atom stereocenters. The number of hydrogen-bond acceptors (Lipinski definition) is 6. The quantitative estimate of drug-likeness (QED) is 0.503. The van der Waals surface area contributed by atoms with Gasteiger partial charge in [-0.25, -0.2) is 4.39 Å². The first-order valence-corrected chi connectivity index (χ1v) is 6.78. The summed E-state index contributed by atoms with van der Waals surface area (Å²) >= 11 is 0. The van der Waals surface area contributed by atoms with Gasteiger partial charge in [0.1, 0.15) is 12.9 Å². The second-order valence-corrected chi connectivity index (χ2v) is 4.81. The average Bonchev–Trinajstić information content (AvgIpc) is 3.02. The summed E-state index contributed by atoms with van der Waals surface area (Å²) in [5, 5.41) is 9.16. The molecule has 0 saturated heterocycles. The molecule has 1 heterocycles. The SMILES string of the molecule is CON=C(C)CNC(=O)c1ccc(-c2noc(C(F)(F)F)n2)c(F)c1. The molecule has 0 aliphatic heterocycles. The number of nitrogens with one attached hydrogen (secondary N) is 1. The van der Waals surface area contributed by atoms with Crippen molar-refractivity contribution in [3.8, 4) is 11.4 Å². The number of carbonyl (C=O) groups excluding carboxylic acids is 1. The van der Waals surface area contributed by atoms with Crippen molar-refractivity contribution in [2.75, 3.05) is 13.7 Å². The molecule has 2 aromatic rings. The molecular weight excluding hydrogens is 348 g/mol. The number of alkyl halides is 3. The Morgan fingerprint density at radius 2 is 2.12 bits per heavy atom. The van der Waals surface area contributed by atoms with Crippen molar-refractivity contribution in [2.45, 2.75) is 13.1 Å². The zero-order chi connectivity index (χ0) is 18.6. The Kier molecular flexibility index (Phi) is 5.35. The van der Waals surface area contributed by atoms with Gasteiger partial charge in [-0.05, 0) is 25.1 Å². The van der Waals surface area contributed by atoms with Crippen molar-refractivity contribution in [1.29, 1.82) is 0 Å². The van der Waals surface area contributed by atoms with E-state index in [0.717, 1.165) is 12.1 Å². The minimum absolute atomic E-state index is 0.0361. The van der Waals surface area contributed by atoms with Crippen LogP contribution < -0.4 is 5.32 Å². The van der Waals surface area contributed by atoms with Crippen LogP contribution in [-0.2, 0) is 11.0 Å². The molecule has 0 fully saturated rings. The van der Waals surface area contributed by atoms with E-state index >= 15 is 0 Å². The summed E-state index contributed by atoms with van der Waals surface area (Å²) in [4.78, 5) is 19.5. The van der Waals surface area contributed by atoms with Crippen LogP contribution in [0.1, 0.15) is 23.2 Å². The van der Waals surface area contributed by atoms with E-state index in [1.165, 1.54) is 13.2 Å². The molecule has 1 N–H and O–H groups in total. The lowest BCUT2D eigenvalue weighted by atomic mass is 10.1. The largest absolute Gasteiger partial charge is 0.471 e. The zero-order valence-corrected chi connectivity index (χ0v) is 13.0. The summed E-state index contributed by atoms with van der Waals surface area (Å²) in [5.41, 5.74) is 0.123. The van der Waals surface area contributed by atoms with Crippen molar-refractivity contribution >= 4 is 11.6 Å². The summed E-state index contributed by atoms with van der Waals surface area (Å²) in [7, 11) is 1.35. The second kappa shape index (κ2) is 7.28. The molecule has 134 valence electrons. The van der Waals surface area contributed by atoms with Gasteiger partial charge < -0.3 is 14.7 Å². The topological polar surface area (TPSA) is 89.6 Å². The van der Waals surface area contributed by atoms with Crippen LogP contribution in [-0.4, -0.2) is 35.4 Å². The van der Waals surface area contributed by atoms with Crippen LogP contribution in [0, 0.1) is 5.82 Å². The molecular formula is C14H12F4N4O3. The maximum atomic E-state index is 14.1. The average molecular weight is 360 g/mol. The van der Waals surface area contributed by atoms with Gasteiger partial charge in [0.25, 0.3) is 5.91 Å². The van der Waals surface area contributed by atoms with E-state index in [2.05, 4.69) is 30.0 Å². The maximum absolute atomic E-state index is 14.1. The first kappa shape index (κ1) is 18.4. The highest BCUT2D eigenvalue weighted by Crippen LogP contribution is 2.30. The standard InChI is InChI=1S/C14H12F4N4O3/c1-7(21-24-2)6-19-12(23)8-3-4-9(10(15)5-8)11-20-13(25-22-11)14(16,17)18/h3-5H,6H2,1-2H3,(H,19,23). The number of carbonyl (C=O) groups is 1. The van der Waals surface area contributed by atoms with Crippen LogP contribution in [0.5, 0.6) is 0 Å². The minimum Gasteiger partial charge on any atom is -0.399 e. The molecule has 0 saturated carbocycles. The molecule has 1 amide bonds. The summed E-state index contributed by atoms with van der Waals surface area (Å²) in [6.07, 6.45) is -4.83. The second-order valence-electron chi connectivity index (χ2n) is 4.81. The van der Waals surface area contributed by atoms with Crippen molar-refractivity contribution < 1.29 is 31.7 Å². The van der Waals surface area contributed by atoms with Crippen LogP contribution in [0.3, 0.4) is 0 Å². The van der Waals surface area contributed by atoms with E-state index in [4.69, 9.17) is 0 Å². The lowest BCUT2D eigenvalue weighted by Gasteiger charge is -2.06. The van der Waals surface area contributed by atoms with Gasteiger partial charge in [0.05, 0.1) is 17.8 Å². The van der Waals surface area contributed by atoms with E-state index in [-0.39, 0.29) is 17.7 Å². The Morgan fingerprint density at radius 3 is 2.68 bits per heavy atom. The number of halogens is 4. The zero-order valence-electron chi connectivity index (χ0n) is 13.0. The maximum Gasteiger partial charge on any atom is 0.471 e. The third-order valence-electron chi connectivity index (χ3n) is 2.89. The third kappa shape index (κ3) is 4.52. The lowest BCUT2D eigenvalue weighted by Crippen LogP contribution is -2.28. The Labute approximate surface area is 138 Å². The molecule has 11 heteroatoms. The molecule has 0 spiro atoms. The number of hydrogen-bond donors (Lipinski definition) is 1. The van der Waals surface area contributed by atoms with E-state index < -0.39 is 29.6 Å². The summed E-state index contributed by atoms with van der Waals surface area (Å²) < 4.78 is 55.4. The highest BCUT2D eigenvalue weighted by atomic mass is 19.4. The normalized spacial score (nSPS) is 12.2. The molecule has 0 aliphatic carbocycles. The molecule has 7 nitrogen and oxygen atoms in total. The molecule has 1 aromatic heterocycles. The van der Waals surface area contributed by atoms with E-state index in [9.17, 15) is 22.4 Å². The number of nitrogens with zero attached hydrogens (tertiary/aromatic N) is 3. The highest BCUT2D eigenvalue weighted by molar-refractivity contribution is 5.97. The summed E-state index contributed by atoms with van der Waals surface area (Å²) in [6, 6.07) is 3.17. The Balaban J connectivity index is 2.16. The number of oxime groups is 1. The van der Waals surface area contributed by atoms with E-state index in [0.29, 0.717) is 5.71 Å². The molecule has 0 bridgehead atoms. The fraction of sp³-hybridized carbons (Fsp3) is 0.286. The molecule has 0 unspecified atom stereocenters. The van der Waals surface area contributed by atoms with Crippen LogP contribution in [0.25, 0.3) is 11.4 Å². The van der Waals surface area contributed by atoms with Crippen molar-refractivity contribution in [1.82, 2.24) is 15.5 Å². The predicted molar refractivity (Wildman–Crippen MR) is 77.1 cm³/mol. The number of benzene rings is 1. The fourth-order valence-electron chi connectivity index (χ4n) is 1.78. The van der Waals surface area contributed by atoms with E-state index in [1.54, 1.807) is 6.92 Å². The van der Waals surface area contributed by atoms with Gasteiger partial charge in [-0.15, -0.1) is 0 Å². The Bertz CT molecular complexity index is 802. The number of aromatic nitrogens is 2. The first-order valence-electron chi connectivity index (χ1n) is 6.78. The van der Waals surface area contributed by atoms with Gasteiger partial charge in [-0.3, -0.25) is 4.79 Å². The van der Waals surface area contributed by atoms with Crippen molar-refractivity contribution in [2.24, 2.45) is 5.16 Å². The van der Waals surface area contributed by atoms with Gasteiger partial charge in [-0.2, -0.15) is 18.2 Å². The van der Waals surface area contributed by atoms with Gasteiger partial charge in [0, 0.05) is 5.56 Å². The first-order chi connectivity index (χ1) is 11.7. The Hall–Kier alpha value is -2.98. The molecule has 25 heavy (non-hydrogen) atoms.